The molecule has 0 aliphatic heterocycles. The molecule has 352 valence electrons. The summed E-state index contributed by atoms with van der Waals surface area (Å²) in [6.45, 7) is 20.2. The van der Waals surface area contributed by atoms with Crippen LogP contribution in [0.15, 0.2) is 59.9 Å². The molecule has 0 atom stereocenters. The molecular formula is C42H58Cl3N3O12S3. The Balaban J connectivity index is 0.000000254. The molecule has 0 radical (unpaired) electrons. The monoisotopic (exact) mass is 997 g/mol. The molecule has 0 saturated carbocycles. The average molecular weight is 999 g/mol. The number of fused-ring (bicyclic) bond motifs is 2. The topological polar surface area (TPSA) is 239 Å². The SMILES string of the molecule is CC(C)(C)c1nc2ccc(Cl)c(S(=O)(=O)C(C)(C)CO)c2o1.COCC(C)(C)S(=O)(=O)c1c(Cl)ccc(N)c1O.COCC(C)(C)S(=O)(=O)c1c(Cl)ccc2nc(C(C)(C)C)oc12. The van der Waals surface area contributed by atoms with Crippen LogP contribution in [0.5, 0.6) is 5.75 Å². The van der Waals surface area contributed by atoms with Gasteiger partial charge in [-0.1, -0.05) is 76.3 Å². The number of phenolic OH excluding ortho intramolecular Hbond substituents is 1. The second kappa shape index (κ2) is 19.0. The third-order valence-corrected chi connectivity index (χ3v) is 18.5. The molecule has 0 amide bonds. The Hall–Kier alpha value is -3.20. The Bertz CT molecular complexity index is 2800. The summed E-state index contributed by atoms with van der Waals surface area (Å²) in [5.41, 5.74) is 6.01. The summed E-state index contributed by atoms with van der Waals surface area (Å²) in [7, 11) is -8.68. The van der Waals surface area contributed by atoms with E-state index in [4.69, 9.17) is 58.8 Å². The quantitative estimate of drug-likeness (QED) is 0.0826. The zero-order valence-electron chi connectivity index (χ0n) is 37.9. The number of aromatic nitrogens is 2. The minimum atomic E-state index is -3.89. The number of hydrogen-bond donors (Lipinski definition) is 3. The molecule has 0 saturated heterocycles. The van der Waals surface area contributed by atoms with Gasteiger partial charge in [0.25, 0.3) is 0 Å². The predicted octanol–water partition coefficient (Wildman–Crippen LogP) is 9.13. The highest BCUT2D eigenvalue weighted by Gasteiger charge is 2.42. The van der Waals surface area contributed by atoms with Gasteiger partial charge in [0.2, 0.25) is 11.8 Å². The number of aliphatic hydroxyl groups is 1. The standard InChI is InChI=1S/C16H22ClNO4S.C15H20ClNO4S.C11H16ClNO4S/c1-15(2,3)14-18-11-8-7-10(17)13(12(11)22-14)23(19,20)16(4,5)9-21-6;1-14(2,3)13-17-10-7-6-9(16)12(11(10)21-13)22(19,20)15(4,5)8-18;1-11(2,6-17-3)18(15,16)10-7(12)4-5-8(13)9(10)14/h7-8H,9H2,1-6H3;6-7,18H,8H2,1-5H3;4-5,14H,6,13H2,1-3H3. The van der Waals surface area contributed by atoms with E-state index in [0.29, 0.717) is 22.8 Å². The van der Waals surface area contributed by atoms with Gasteiger partial charge in [0.05, 0.1) is 54.8 Å². The zero-order valence-corrected chi connectivity index (χ0v) is 42.6. The molecule has 3 aromatic carbocycles. The minimum absolute atomic E-state index is 0.0262. The Labute approximate surface area is 385 Å². The molecule has 21 heteroatoms. The second-order valence-corrected chi connectivity index (χ2v) is 27.4. The number of oxazole rings is 2. The summed E-state index contributed by atoms with van der Waals surface area (Å²) in [4.78, 5) is 8.26. The van der Waals surface area contributed by atoms with Crippen LogP contribution in [0.1, 0.15) is 94.9 Å². The summed E-state index contributed by atoms with van der Waals surface area (Å²) in [5.74, 6) is 0.380. The van der Waals surface area contributed by atoms with Crippen molar-refractivity contribution in [3.05, 3.63) is 63.2 Å². The van der Waals surface area contributed by atoms with E-state index in [9.17, 15) is 35.5 Å². The number of aromatic hydroxyl groups is 1. The number of methoxy groups -OCH3 is 2. The Morgan fingerprint density at radius 1 is 0.571 bits per heavy atom. The van der Waals surface area contributed by atoms with Crippen molar-refractivity contribution in [3.63, 3.8) is 0 Å². The number of phenols is 1. The maximum absolute atomic E-state index is 13.1. The molecule has 5 rings (SSSR count). The molecule has 2 heterocycles. The highest BCUT2D eigenvalue weighted by Crippen LogP contribution is 2.42. The Kier molecular flexibility index (Phi) is 16.3. The fraction of sp³-hybridized carbons (Fsp3) is 0.524. The highest BCUT2D eigenvalue weighted by atomic mass is 35.5. The van der Waals surface area contributed by atoms with Gasteiger partial charge in [0, 0.05) is 25.0 Å². The summed E-state index contributed by atoms with van der Waals surface area (Å²) in [6, 6.07) is 9.00. The van der Waals surface area contributed by atoms with Crippen LogP contribution in [-0.2, 0) is 49.8 Å². The van der Waals surface area contributed by atoms with Gasteiger partial charge in [-0.15, -0.1) is 0 Å². The van der Waals surface area contributed by atoms with E-state index in [1.54, 1.807) is 26.0 Å². The van der Waals surface area contributed by atoms with Crippen molar-refractivity contribution in [2.24, 2.45) is 0 Å². The van der Waals surface area contributed by atoms with Crippen LogP contribution in [-0.4, -0.2) is 93.7 Å². The predicted molar refractivity (Wildman–Crippen MR) is 248 cm³/mol. The van der Waals surface area contributed by atoms with Gasteiger partial charge >= 0.3 is 0 Å². The number of aliphatic hydroxyl groups excluding tert-OH is 1. The van der Waals surface area contributed by atoms with Gasteiger partial charge in [-0.3, -0.25) is 0 Å². The Morgan fingerprint density at radius 3 is 1.22 bits per heavy atom. The first-order valence-corrected chi connectivity index (χ1v) is 24.9. The average Bonchev–Trinajstić information content (AvgIpc) is 3.79. The summed E-state index contributed by atoms with van der Waals surface area (Å²) < 4.78 is 94.5. The van der Waals surface area contributed by atoms with E-state index in [2.05, 4.69) is 9.97 Å². The third-order valence-electron chi connectivity index (χ3n) is 9.68. The zero-order chi connectivity index (χ0) is 48.7. The molecule has 0 bridgehead atoms. The lowest BCUT2D eigenvalue weighted by Gasteiger charge is -2.25. The van der Waals surface area contributed by atoms with E-state index in [-0.39, 0.29) is 70.7 Å². The van der Waals surface area contributed by atoms with Crippen LogP contribution in [0.2, 0.25) is 15.1 Å². The molecule has 63 heavy (non-hydrogen) atoms. The highest BCUT2D eigenvalue weighted by molar-refractivity contribution is 7.93. The largest absolute Gasteiger partial charge is 0.504 e. The number of halogens is 3. The maximum atomic E-state index is 13.1. The van der Waals surface area contributed by atoms with Crippen molar-refractivity contribution >= 4 is 92.2 Å². The van der Waals surface area contributed by atoms with Crippen LogP contribution in [0.25, 0.3) is 22.2 Å². The summed E-state index contributed by atoms with van der Waals surface area (Å²) >= 11 is 18.2. The van der Waals surface area contributed by atoms with Crippen molar-refractivity contribution in [1.29, 1.82) is 0 Å². The number of nitrogens with zero attached hydrogens (tertiary/aromatic N) is 2. The number of anilines is 1. The van der Waals surface area contributed by atoms with Gasteiger partial charge in [-0.2, -0.15) is 0 Å². The van der Waals surface area contributed by atoms with Crippen molar-refractivity contribution in [2.75, 3.05) is 39.8 Å². The number of ether oxygens (including phenoxy) is 2. The maximum Gasteiger partial charge on any atom is 0.200 e. The first kappa shape index (κ1) is 54.1. The lowest BCUT2D eigenvalue weighted by Crippen LogP contribution is -2.36. The van der Waals surface area contributed by atoms with Crippen molar-refractivity contribution in [3.8, 4) is 5.75 Å². The first-order valence-electron chi connectivity index (χ1n) is 19.3. The van der Waals surface area contributed by atoms with E-state index in [1.807, 2.05) is 41.5 Å². The normalized spacial score (nSPS) is 13.4. The summed E-state index contributed by atoms with van der Waals surface area (Å²) in [5, 5.41) is 19.4. The van der Waals surface area contributed by atoms with E-state index >= 15 is 0 Å². The molecule has 15 nitrogen and oxygen atoms in total. The number of benzene rings is 3. The molecule has 0 unspecified atom stereocenters. The Morgan fingerprint density at radius 2 is 0.889 bits per heavy atom. The number of hydrogen-bond acceptors (Lipinski definition) is 15. The third kappa shape index (κ3) is 10.9. The van der Waals surface area contributed by atoms with Gasteiger partial charge < -0.3 is 34.3 Å². The van der Waals surface area contributed by atoms with Crippen molar-refractivity contribution < 1.29 is 53.8 Å². The molecule has 5 aromatic rings. The smallest absolute Gasteiger partial charge is 0.200 e. The van der Waals surface area contributed by atoms with Crippen LogP contribution >= 0.6 is 34.8 Å². The number of nitrogen functional groups attached to an aromatic ring is 1. The van der Waals surface area contributed by atoms with Crippen LogP contribution < -0.4 is 5.73 Å². The second-order valence-electron chi connectivity index (χ2n) is 18.6. The van der Waals surface area contributed by atoms with Gasteiger partial charge in [-0.25, -0.2) is 35.2 Å². The molecule has 4 N–H and O–H groups in total. The lowest BCUT2D eigenvalue weighted by atomic mass is 9.97. The molecular weight excluding hydrogens is 941 g/mol. The number of nitrogens with two attached hydrogens (primary N) is 1. The van der Waals surface area contributed by atoms with Crippen molar-refractivity contribution in [2.45, 2.75) is 123 Å². The first-order chi connectivity index (χ1) is 28.5. The molecule has 0 spiro atoms. The number of rotatable bonds is 11. The van der Waals surface area contributed by atoms with Crippen LogP contribution in [0.3, 0.4) is 0 Å². The fourth-order valence-corrected chi connectivity index (χ4v) is 11.5. The lowest BCUT2D eigenvalue weighted by molar-refractivity contribution is 0.175. The molecule has 0 fully saturated rings. The van der Waals surface area contributed by atoms with Gasteiger partial charge in [0.15, 0.2) is 46.4 Å². The van der Waals surface area contributed by atoms with Gasteiger partial charge in [-0.05, 0) is 77.9 Å². The molecule has 0 aliphatic rings. The van der Waals surface area contributed by atoms with E-state index in [1.165, 1.54) is 66.2 Å². The van der Waals surface area contributed by atoms with E-state index in [0.717, 1.165) is 0 Å². The number of sulfone groups is 3. The molecule has 2 aromatic heterocycles. The minimum Gasteiger partial charge on any atom is -0.504 e. The fourth-order valence-electron chi connectivity index (χ4n) is 5.61. The van der Waals surface area contributed by atoms with Crippen molar-refractivity contribution in [1.82, 2.24) is 9.97 Å². The van der Waals surface area contributed by atoms with Crippen LogP contribution in [0.4, 0.5) is 5.69 Å². The van der Waals surface area contributed by atoms with Gasteiger partial charge in [0.1, 0.15) is 25.7 Å². The van der Waals surface area contributed by atoms with Crippen LogP contribution in [0, 0.1) is 0 Å². The molecule has 0 aliphatic carbocycles. The van der Waals surface area contributed by atoms with E-state index < -0.39 is 56.1 Å². The summed E-state index contributed by atoms with van der Waals surface area (Å²) in [6.07, 6.45) is 0.